The maximum absolute atomic E-state index is 13.1. The number of carbonyl (C=O) groups excluding carboxylic acids is 1. The summed E-state index contributed by atoms with van der Waals surface area (Å²) in [5.41, 5.74) is 5.80. The molecule has 1 amide bonds. The molecule has 1 aliphatic heterocycles. The zero-order chi connectivity index (χ0) is 26.9. The molecule has 196 valence electrons. The zero-order valence-corrected chi connectivity index (χ0v) is 21.8. The summed E-state index contributed by atoms with van der Waals surface area (Å²) in [5.74, 6) is 0.576. The minimum absolute atomic E-state index is 0.131. The molecule has 0 saturated carbocycles. The fourth-order valence-electron chi connectivity index (χ4n) is 5.44. The number of aromatic nitrogens is 2. The van der Waals surface area contributed by atoms with Gasteiger partial charge in [0.05, 0.1) is 5.69 Å². The highest BCUT2D eigenvalue weighted by Gasteiger charge is 2.20. The van der Waals surface area contributed by atoms with Crippen molar-refractivity contribution in [3.63, 3.8) is 0 Å². The minimum Gasteiger partial charge on any atom is -0.454 e. The molecule has 1 saturated heterocycles. The van der Waals surface area contributed by atoms with Gasteiger partial charge >= 0.3 is 0 Å². The van der Waals surface area contributed by atoms with Gasteiger partial charge in [0, 0.05) is 52.7 Å². The molecular formula is C33H27N5O2. The van der Waals surface area contributed by atoms with Crippen LogP contribution in [0.3, 0.4) is 0 Å². The van der Waals surface area contributed by atoms with Gasteiger partial charge in [-0.3, -0.25) is 9.69 Å². The second-order valence-electron chi connectivity index (χ2n) is 9.90. The fraction of sp³-hybridized carbons (Fsp3) is 0.121. The maximum Gasteiger partial charge on any atom is 0.255 e. The van der Waals surface area contributed by atoms with Gasteiger partial charge in [-0.15, -0.1) is 0 Å². The quantitative estimate of drug-likeness (QED) is 0.240. The van der Waals surface area contributed by atoms with Crippen molar-refractivity contribution >= 4 is 56.4 Å². The molecule has 0 radical (unpaired) electrons. The van der Waals surface area contributed by atoms with Gasteiger partial charge < -0.3 is 14.6 Å². The van der Waals surface area contributed by atoms with Crippen molar-refractivity contribution in [2.45, 2.75) is 12.8 Å². The van der Waals surface area contributed by atoms with E-state index in [4.69, 9.17) is 4.42 Å². The summed E-state index contributed by atoms with van der Waals surface area (Å²) in [6, 6.07) is 31.6. The van der Waals surface area contributed by atoms with E-state index in [9.17, 15) is 4.79 Å². The third kappa shape index (κ3) is 4.41. The molecule has 1 N–H and O–H groups in total. The molecular weight excluding hydrogens is 498 g/mol. The van der Waals surface area contributed by atoms with E-state index in [0.29, 0.717) is 17.1 Å². The van der Waals surface area contributed by atoms with Crippen LogP contribution in [0.4, 0.5) is 28.6 Å². The maximum atomic E-state index is 13.1. The lowest BCUT2D eigenvalue weighted by Crippen LogP contribution is -2.19. The standard InChI is InChI=1S/C33H27N5O2/c39-33(23-7-5-8-26(21-23)37-19-3-4-20-37)36-24-13-15-25(16-14-24)38(31-17-18-34-22-35-31)29-11-6-10-28-27-9-1-2-12-30(27)40-32(28)29/h1-2,5-18,21-22H,3-4,19-20H2,(H,36,39). The molecule has 7 nitrogen and oxygen atoms in total. The van der Waals surface area contributed by atoms with Crippen molar-refractivity contribution in [3.05, 3.63) is 115 Å². The number of anilines is 5. The second kappa shape index (κ2) is 10.2. The molecule has 0 spiro atoms. The van der Waals surface area contributed by atoms with Gasteiger partial charge in [-0.25, -0.2) is 9.97 Å². The lowest BCUT2D eigenvalue weighted by Gasteiger charge is -2.24. The molecule has 0 atom stereocenters. The van der Waals surface area contributed by atoms with E-state index >= 15 is 0 Å². The Bertz CT molecular complexity index is 1810. The predicted molar refractivity (Wildman–Crippen MR) is 160 cm³/mol. The highest BCUT2D eigenvalue weighted by Crippen LogP contribution is 2.41. The molecule has 0 aliphatic carbocycles. The summed E-state index contributed by atoms with van der Waals surface area (Å²) in [6.45, 7) is 2.08. The summed E-state index contributed by atoms with van der Waals surface area (Å²) in [5, 5.41) is 5.15. The number of nitrogens with zero attached hydrogens (tertiary/aromatic N) is 4. The summed E-state index contributed by atoms with van der Waals surface area (Å²) in [6.07, 6.45) is 5.64. The average Bonchev–Trinajstić information content (AvgIpc) is 3.68. The molecule has 6 aromatic rings. The number of furan rings is 1. The summed E-state index contributed by atoms with van der Waals surface area (Å²) >= 11 is 0. The van der Waals surface area contributed by atoms with Crippen LogP contribution >= 0.6 is 0 Å². The Hall–Kier alpha value is -5.17. The Labute approximate surface area is 231 Å². The number of hydrogen-bond acceptors (Lipinski definition) is 6. The number of hydrogen-bond donors (Lipinski definition) is 1. The van der Waals surface area contributed by atoms with Crippen molar-refractivity contribution in [2.75, 3.05) is 28.2 Å². The first-order valence-electron chi connectivity index (χ1n) is 13.5. The van der Waals surface area contributed by atoms with E-state index in [1.807, 2.05) is 83.8 Å². The van der Waals surface area contributed by atoms with Crippen LogP contribution in [-0.2, 0) is 0 Å². The van der Waals surface area contributed by atoms with Crippen LogP contribution in [0.2, 0.25) is 0 Å². The van der Waals surface area contributed by atoms with Crippen LogP contribution in [0.15, 0.2) is 114 Å². The topological polar surface area (TPSA) is 74.5 Å². The van der Waals surface area contributed by atoms with E-state index in [0.717, 1.165) is 52.1 Å². The average molecular weight is 526 g/mol. The van der Waals surface area contributed by atoms with Crippen molar-refractivity contribution in [2.24, 2.45) is 0 Å². The monoisotopic (exact) mass is 525 g/mol. The van der Waals surface area contributed by atoms with Gasteiger partial charge in [0.1, 0.15) is 17.7 Å². The van der Waals surface area contributed by atoms with E-state index < -0.39 is 0 Å². The Morgan fingerprint density at radius 2 is 1.65 bits per heavy atom. The smallest absolute Gasteiger partial charge is 0.255 e. The Morgan fingerprint density at radius 1 is 0.850 bits per heavy atom. The fourth-order valence-corrected chi connectivity index (χ4v) is 5.44. The summed E-state index contributed by atoms with van der Waals surface area (Å²) in [4.78, 5) is 26.1. The number of rotatable bonds is 6. The van der Waals surface area contributed by atoms with Gasteiger partial charge in [0.25, 0.3) is 5.91 Å². The molecule has 7 heteroatoms. The predicted octanol–water partition coefficient (Wildman–Crippen LogP) is 7.70. The largest absolute Gasteiger partial charge is 0.454 e. The third-order valence-electron chi connectivity index (χ3n) is 7.38. The van der Waals surface area contributed by atoms with Gasteiger partial charge in [-0.2, -0.15) is 0 Å². The number of amides is 1. The van der Waals surface area contributed by atoms with E-state index in [1.54, 1.807) is 6.20 Å². The van der Waals surface area contributed by atoms with Crippen molar-refractivity contribution in [1.82, 2.24) is 9.97 Å². The molecule has 7 rings (SSSR count). The summed E-state index contributed by atoms with van der Waals surface area (Å²) in [7, 11) is 0. The zero-order valence-electron chi connectivity index (χ0n) is 21.8. The van der Waals surface area contributed by atoms with Crippen LogP contribution < -0.4 is 15.1 Å². The Kier molecular flexibility index (Phi) is 6.09. The van der Waals surface area contributed by atoms with Gasteiger partial charge in [0.2, 0.25) is 0 Å². The van der Waals surface area contributed by atoms with Crippen LogP contribution in [0, 0.1) is 0 Å². The van der Waals surface area contributed by atoms with Gasteiger partial charge in [-0.05, 0) is 73.5 Å². The highest BCUT2D eigenvalue weighted by molar-refractivity contribution is 6.10. The molecule has 40 heavy (non-hydrogen) atoms. The number of carbonyl (C=O) groups is 1. The molecule has 3 heterocycles. The lowest BCUT2D eigenvalue weighted by atomic mass is 10.1. The van der Waals surface area contributed by atoms with Crippen LogP contribution in [0.25, 0.3) is 21.9 Å². The van der Waals surface area contributed by atoms with E-state index in [1.165, 1.54) is 19.2 Å². The van der Waals surface area contributed by atoms with Gasteiger partial charge in [0.15, 0.2) is 5.58 Å². The molecule has 1 fully saturated rings. The molecule has 0 unspecified atom stereocenters. The first-order chi connectivity index (χ1) is 19.7. The SMILES string of the molecule is O=C(Nc1ccc(N(c2ccncn2)c2cccc3c2oc2ccccc23)cc1)c1cccc(N2CCCC2)c1. The van der Waals surface area contributed by atoms with Gasteiger partial charge in [-0.1, -0.05) is 36.4 Å². The van der Waals surface area contributed by atoms with E-state index in [-0.39, 0.29) is 5.91 Å². The van der Waals surface area contributed by atoms with Crippen LogP contribution in [0.1, 0.15) is 23.2 Å². The molecule has 1 aliphatic rings. The van der Waals surface area contributed by atoms with Crippen molar-refractivity contribution in [1.29, 1.82) is 0 Å². The molecule has 2 aromatic heterocycles. The van der Waals surface area contributed by atoms with Crippen LogP contribution in [-0.4, -0.2) is 29.0 Å². The van der Waals surface area contributed by atoms with Crippen molar-refractivity contribution < 1.29 is 9.21 Å². The van der Waals surface area contributed by atoms with Crippen LogP contribution in [0.5, 0.6) is 0 Å². The normalized spacial score (nSPS) is 13.2. The number of para-hydroxylation sites is 2. The molecule has 0 bridgehead atoms. The molecule has 4 aromatic carbocycles. The third-order valence-corrected chi connectivity index (χ3v) is 7.38. The van der Waals surface area contributed by atoms with Crippen molar-refractivity contribution in [3.8, 4) is 0 Å². The number of nitrogens with one attached hydrogen (secondary N) is 1. The minimum atomic E-state index is -0.131. The first-order valence-corrected chi connectivity index (χ1v) is 13.5. The Balaban J connectivity index is 1.21. The summed E-state index contributed by atoms with van der Waals surface area (Å²) < 4.78 is 6.33. The lowest BCUT2D eigenvalue weighted by molar-refractivity contribution is 0.102. The first kappa shape index (κ1) is 23.9. The Morgan fingerprint density at radius 3 is 2.48 bits per heavy atom. The second-order valence-corrected chi connectivity index (χ2v) is 9.90. The van der Waals surface area contributed by atoms with E-state index in [2.05, 4.69) is 38.4 Å². The number of benzene rings is 4. The highest BCUT2D eigenvalue weighted by atomic mass is 16.3. The number of fused-ring (bicyclic) bond motifs is 3.